The minimum atomic E-state index is -0.928. The topological polar surface area (TPSA) is 123 Å². The lowest BCUT2D eigenvalue weighted by atomic mass is 10.2. The molecule has 1 aliphatic rings. The van der Waals surface area contributed by atoms with Crippen molar-refractivity contribution in [3.05, 3.63) is 57.8 Å². The van der Waals surface area contributed by atoms with E-state index in [1.165, 1.54) is 29.8 Å². The summed E-state index contributed by atoms with van der Waals surface area (Å²) in [7, 11) is 0. The molecule has 3 rings (SSSR count). The number of amides is 1. The van der Waals surface area contributed by atoms with Gasteiger partial charge in [-0.3, -0.25) is 19.1 Å². The highest BCUT2D eigenvalue weighted by molar-refractivity contribution is 14.1. The van der Waals surface area contributed by atoms with E-state index in [4.69, 9.17) is 44.3 Å². The lowest BCUT2D eigenvalue weighted by Crippen LogP contribution is -2.42. The van der Waals surface area contributed by atoms with Gasteiger partial charge < -0.3 is 19.9 Å². The third-order valence-corrected chi connectivity index (χ3v) is 6.35. The molecule has 0 bridgehead atoms. The number of hydrogen-bond donors (Lipinski definition) is 3. The first kappa shape index (κ1) is 24.3. The molecule has 0 saturated carbocycles. The number of halogens is 4. The molecule has 4 atom stereocenters. The zero-order valence-corrected chi connectivity index (χ0v) is 20.3. The van der Waals surface area contributed by atoms with Crippen LogP contribution in [0, 0.1) is 3.57 Å². The molecular formula is C18H17Cl3IN3O6. The van der Waals surface area contributed by atoms with Crippen LogP contribution < -0.4 is 21.3 Å². The molecule has 168 valence electrons. The second-order valence-electron chi connectivity index (χ2n) is 6.78. The number of nitrogens with zero attached hydrogens (tertiary/aromatic N) is 1. The van der Waals surface area contributed by atoms with Crippen LogP contribution in [0.3, 0.4) is 0 Å². The molecule has 31 heavy (non-hydrogen) atoms. The first-order valence-corrected chi connectivity index (χ1v) is 11.2. The van der Waals surface area contributed by atoms with E-state index in [0.717, 1.165) is 0 Å². The van der Waals surface area contributed by atoms with Crippen LogP contribution in [-0.2, 0) is 9.53 Å². The van der Waals surface area contributed by atoms with Gasteiger partial charge in [0.2, 0.25) is 0 Å². The van der Waals surface area contributed by atoms with Crippen LogP contribution >= 0.6 is 57.4 Å². The Morgan fingerprint density at radius 2 is 2.03 bits per heavy atom. The summed E-state index contributed by atoms with van der Waals surface area (Å²) in [6.07, 6.45) is -1.91. The highest BCUT2D eigenvalue weighted by Gasteiger charge is 2.36. The largest absolute Gasteiger partial charge is 0.479 e. The molecule has 0 spiro atoms. The summed E-state index contributed by atoms with van der Waals surface area (Å²) in [5.74, 6) is -0.278. The standard InChI is InChI=1S/C18H17Cl3IN3O6/c1-7(30-13-3-9(20)8(19)2-10(13)21)16(27)23-5-14-12(26)4-15(31-14)25-6-11(22)17(28)24-18(25)29/h2-3,6-7,12,14-15,26H,4-5H2,1H3,(H,23,27)(H,24,28,29)/t7?,12-,14+,15+/m0/s1. The first-order valence-electron chi connectivity index (χ1n) is 9.00. The number of H-pyrrole nitrogens is 1. The minimum Gasteiger partial charge on any atom is -0.479 e. The summed E-state index contributed by atoms with van der Waals surface area (Å²) in [5, 5.41) is 13.6. The number of benzene rings is 1. The number of rotatable bonds is 6. The number of ether oxygens (including phenoxy) is 2. The molecule has 13 heteroatoms. The van der Waals surface area contributed by atoms with Crippen molar-refractivity contribution in [2.24, 2.45) is 0 Å². The maximum atomic E-state index is 12.4. The highest BCUT2D eigenvalue weighted by atomic mass is 127. The van der Waals surface area contributed by atoms with E-state index >= 15 is 0 Å². The summed E-state index contributed by atoms with van der Waals surface area (Å²) in [6, 6.07) is 2.82. The van der Waals surface area contributed by atoms with Crippen LogP contribution in [-0.4, -0.2) is 45.4 Å². The van der Waals surface area contributed by atoms with E-state index in [0.29, 0.717) is 3.57 Å². The van der Waals surface area contributed by atoms with Crippen molar-refractivity contribution in [3.63, 3.8) is 0 Å². The number of nitrogens with one attached hydrogen (secondary N) is 2. The number of carbonyl (C=O) groups excluding carboxylic acids is 1. The van der Waals surface area contributed by atoms with Gasteiger partial charge in [-0.25, -0.2) is 4.79 Å². The van der Waals surface area contributed by atoms with Gasteiger partial charge in [-0.2, -0.15) is 0 Å². The van der Waals surface area contributed by atoms with Crippen molar-refractivity contribution >= 4 is 63.3 Å². The van der Waals surface area contributed by atoms with Gasteiger partial charge in [-0.1, -0.05) is 34.8 Å². The molecule has 2 heterocycles. The number of aliphatic hydroxyl groups is 1. The summed E-state index contributed by atoms with van der Waals surface area (Å²) in [4.78, 5) is 38.1. The van der Waals surface area contributed by atoms with E-state index in [-0.39, 0.29) is 33.8 Å². The molecule has 1 amide bonds. The molecule has 1 unspecified atom stereocenters. The SMILES string of the molecule is CC(Oc1cc(Cl)c(Cl)cc1Cl)C(=O)NC[C@H]1O[C@@H](n2cc(I)c(=O)[nH]c2=O)C[C@@H]1O. The second kappa shape index (κ2) is 10.1. The molecule has 1 aromatic heterocycles. The average molecular weight is 605 g/mol. The maximum absolute atomic E-state index is 12.4. The Hall–Kier alpha value is -1.31. The fourth-order valence-electron chi connectivity index (χ4n) is 2.93. The number of aromatic nitrogens is 2. The number of hydrogen-bond acceptors (Lipinski definition) is 6. The Bertz CT molecular complexity index is 1110. The smallest absolute Gasteiger partial charge is 0.330 e. The molecule has 9 nitrogen and oxygen atoms in total. The van der Waals surface area contributed by atoms with E-state index in [9.17, 15) is 19.5 Å². The van der Waals surface area contributed by atoms with E-state index in [1.54, 1.807) is 22.6 Å². The molecule has 3 N–H and O–H groups in total. The zero-order chi connectivity index (χ0) is 22.9. The van der Waals surface area contributed by atoms with Crippen LogP contribution in [0.25, 0.3) is 0 Å². The Balaban J connectivity index is 1.59. The third kappa shape index (κ3) is 5.74. The van der Waals surface area contributed by atoms with Crippen molar-refractivity contribution in [3.8, 4) is 5.75 Å². The lowest BCUT2D eigenvalue weighted by molar-refractivity contribution is -0.128. The van der Waals surface area contributed by atoms with Crippen molar-refractivity contribution < 1.29 is 19.4 Å². The Kier molecular flexibility index (Phi) is 7.92. The molecule has 1 aromatic carbocycles. The molecule has 1 aliphatic heterocycles. The van der Waals surface area contributed by atoms with Crippen LogP contribution in [0.1, 0.15) is 19.6 Å². The molecule has 0 radical (unpaired) electrons. The van der Waals surface area contributed by atoms with Crippen LogP contribution in [0.15, 0.2) is 27.9 Å². The van der Waals surface area contributed by atoms with Crippen molar-refractivity contribution in [1.29, 1.82) is 0 Å². The maximum Gasteiger partial charge on any atom is 0.330 e. The van der Waals surface area contributed by atoms with Gasteiger partial charge in [0.1, 0.15) is 18.1 Å². The van der Waals surface area contributed by atoms with Crippen LogP contribution in [0.5, 0.6) is 5.75 Å². The minimum absolute atomic E-state index is 0.0193. The summed E-state index contributed by atoms with van der Waals surface area (Å²) in [6.45, 7) is 1.50. The number of aliphatic hydroxyl groups excluding tert-OH is 1. The van der Waals surface area contributed by atoms with Crippen molar-refractivity contribution in [1.82, 2.24) is 14.9 Å². The van der Waals surface area contributed by atoms with E-state index < -0.39 is 41.7 Å². The van der Waals surface area contributed by atoms with Gasteiger partial charge >= 0.3 is 5.69 Å². The molecule has 2 aromatic rings. The highest BCUT2D eigenvalue weighted by Crippen LogP contribution is 2.34. The Morgan fingerprint density at radius 3 is 2.74 bits per heavy atom. The van der Waals surface area contributed by atoms with Gasteiger partial charge in [0.15, 0.2) is 6.10 Å². The van der Waals surface area contributed by atoms with Gasteiger partial charge in [0, 0.05) is 25.2 Å². The van der Waals surface area contributed by atoms with Crippen LogP contribution in [0.4, 0.5) is 0 Å². The van der Waals surface area contributed by atoms with Crippen LogP contribution in [0.2, 0.25) is 15.1 Å². The van der Waals surface area contributed by atoms with E-state index in [1.807, 2.05) is 0 Å². The van der Waals surface area contributed by atoms with Gasteiger partial charge in [-0.05, 0) is 35.6 Å². The zero-order valence-electron chi connectivity index (χ0n) is 15.9. The second-order valence-corrected chi connectivity index (χ2v) is 9.16. The number of carbonyl (C=O) groups is 1. The molecule has 0 aliphatic carbocycles. The fourth-order valence-corrected chi connectivity index (χ4v) is 3.94. The fraction of sp³-hybridized carbons (Fsp3) is 0.389. The van der Waals surface area contributed by atoms with Gasteiger partial charge in [-0.15, -0.1) is 0 Å². The van der Waals surface area contributed by atoms with Crippen molar-refractivity contribution in [2.45, 2.75) is 37.9 Å². The average Bonchev–Trinajstić information content (AvgIpc) is 3.07. The van der Waals surface area contributed by atoms with Gasteiger partial charge in [0.25, 0.3) is 11.5 Å². The predicted octanol–water partition coefficient (Wildman–Crippen LogP) is 2.33. The van der Waals surface area contributed by atoms with Crippen molar-refractivity contribution in [2.75, 3.05) is 6.54 Å². The van der Waals surface area contributed by atoms with E-state index in [2.05, 4.69) is 10.3 Å². The number of aromatic amines is 1. The predicted molar refractivity (Wildman–Crippen MR) is 123 cm³/mol. The Morgan fingerprint density at radius 1 is 1.35 bits per heavy atom. The molecular weight excluding hydrogens is 587 g/mol. The monoisotopic (exact) mass is 603 g/mol. The lowest BCUT2D eigenvalue weighted by Gasteiger charge is -2.19. The quantitative estimate of drug-likeness (QED) is 0.344. The van der Waals surface area contributed by atoms with Gasteiger partial charge in [0.05, 0.1) is 24.7 Å². The third-order valence-electron chi connectivity index (χ3n) is 4.56. The summed E-state index contributed by atoms with van der Waals surface area (Å²) >= 11 is 19.7. The Labute approximate surface area is 204 Å². The summed E-state index contributed by atoms with van der Waals surface area (Å²) in [5.41, 5.74) is -1.15. The normalized spacial score (nSPS) is 21.7. The first-order chi connectivity index (χ1) is 14.6. The molecule has 1 saturated heterocycles. The molecule has 1 fully saturated rings. The summed E-state index contributed by atoms with van der Waals surface area (Å²) < 4.78 is 12.8.